The molecule has 1 amide bonds. The van der Waals surface area contributed by atoms with Gasteiger partial charge in [0, 0.05) is 31.0 Å². The first-order valence-corrected chi connectivity index (χ1v) is 16.6. The number of carbonyl (C=O) groups excluding carboxylic acids is 1. The lowest BCUT2D eigenvalue weighted by atomic mass is 9.94. The van der Waals surface area contributed by atoms with Crippen LogP contribution in [0.2, 0.25) is 0 Å². The third-order valence-corrected chi connectivity index (χ3v) is 11.0. The van der Waals surface area contributed by atoms with Crippen molar-refractivity contribution in [2.75, 3.05) is 39.5 Å². The molecule has 1 N–H and O–H groups in total. The van der Waals surface area contributed by atoms with Gasteiger partial charge in [-0.15, -0.1) is 11.3 Å². The Morgan fingerprint density at radius 2 is 1.79 bits per heavy atom. The molecule has 0 spiro atoms. The van der Waals surface area contributed by atoms with Gasteiger partial charge in [-0.3, -0.25) is 4.79 Å². The molecule has 42 heavy (non-hydrogen) atoms. The lowest BCUT2D eigenvalue weighted by Crippen LogP contribution is -2.48. The van der Waals surface area contributed by atoms with Gasteiger partial charge in [0.25, 0.3) is 5.91 Å². The molecule has 0 aliphatic carbocycles. The third kappa shape index (κ3) is 5.63. The SMILES string of the molecule is Cc1c(-c2cc(C(=O)NS(=O)(=O)N3CCOCC3)c3c(OC(C)C4CCOCC4)ccc(C)c3n2)sc2ccccc12. The van der Waals surface area contributed by atoms with Crippen molar-refractivity contribution in [1.29, 1.82) is 0 Å². The number of pyridine rings is 1. The summed E-state index contributed by atoms with van der Waals surface area (Å²) in [5.74, 6) is 0.0983. The van der Waals surface area contributed by atoms with Crippen molar-refractivity contribution in [1.82, 2.24) is 14.0 Å². The molecule has 11 heteroatoms. The van der Waals surface area contributed by atoms with E-state index in [0.29, 0.717) is 41.5 Å². The van der Waals surface area contributed by atoms with Gasteiger partial charge in [-0.25, -0.2) is 9.71 Å². The minimum absolute atomic E-state index is 0.127. The molecular formula is C31H35N3O6S2. The third-order valence-electron chi connectivity index (χ3n) is 8.22. The lowest BCUT2D eigenvalue weighted by Gasteiger charge is -2.29. The Hall–Kier alpha value is -3.09. The number of fused-ring (bicyclic) bond motifs is 2. The number of amides is 1. The number of hydrogen-bond acceptors (Lipinski definition) is 8. The van der Waals surface area contributed by atoms with E-state index in [-0.39, 0.29) is 38.0 Å². The number of nitrogens with one attached hydrogen (secondary N) is 1. The summed E-state index contributed by atoms with van der Waals surface area (Å²) < 4.78 is 48.6. The number of nitrogens with zero attached hydrogens (tertiary/aromatic N) is 2. The molecule has 2 aliphatic heterocycles. The Bertz CT molecular complexity index is 1740. The van der Waals surface area contributed by atoms with Crippen LogP contribution in [0, 0.1) is 19.8 Å². The zero-order valence-electron chi connectivity index (χ0n) is 24.0. The number of rotatable bonds is 7. The van der Waals surface area contributed by atoms with Gasteiger partial charge in [-0.05, 0) is 74.2 Å². The maximum atomic E-state index is 14.0. The zero-order valence-corrected chi connectivity index (χ0v) is 25.6. The molecule has 2 saturated heterocycles. The second-order valence-electron chi connectivity index (χ2n) is 10.9. The quantitative estimate of drug-likeness (QED) is 0.306. The van der Waals surface area contributed by atoms with Crippen LogP contribution in [0.25, 0.3) is 31.6 Å². The van der Waals surface area contributed by atoms with Gasteiger partial charge in [0.1, 0.15) is 5.75 Å². The summed E-state index contributed by atoms with van der Waals surface area (Å²) in [7, 11) is -4.09. The fourth-order valence-corrected chi connectivity index (χ4v) is 8.03. The molecule has 1 atom stereocenters. The summed E-state index contributed by atoms with van der Waals surface area (Å²) in [5.41, 5.74) is 3.36. The van der Waals surface area contributed by atoms with E-state index in [4.69, 9.17) is 19.2 Å². The highest BCUT2D eigenvalue weighted by molar-refractivity contribution is 7.87. The van der Waals surface area contributed by atoms with Gasteiger partial charge >= 0.3 is 10.2 Å². The van der Waals surface area contributed by atoms with E-state index in [1.807, 2.05) is 45.0 Å². The summed E-state index contributed by atoms with van der Waals surface area (Å²) in [6.45, 7) is 8.34. The molecule has 2 fully saturated rings. The van der Waals surface area contributed by atoms with E-state index in [2.05, 4.69) is 16.9 Å². The number of benzene rings is 2. The molecule has 4 heterocycles. The van der Waals surface area contributed by atoms with Gasteiger partial charge in [-0.1, -0.05) is 24.3 Å². The number of ether oxygens (including phenoxy) is 3. The number of aromatic nitrogens is 1. The molecule has 0 radical (unpaired) electrons. The molecule has 4 aromatic rings. The van der Waals surface area contributed by atoms with Gasteiger partial charge in [-0.2, -0.15) is 12.7 Å². The van der Waals surface area contributed by atoms with Crippen molar-refractivity contribution >= 4 is 48.4 Å². The Morgan fingerprint density at radius 1 is 1.07 bits per heavy atom. The summed E-state index contributed by atoms with van der Waals surface area (Å²) in [6.07, 6.45) is 1.66. The van der Waals surface area contributed by atoms with Gasteiger partial charge < -0.3 is 14.2 Å². The molecule has 1 unspecified atom stereocenters. The Morgan fingerprint density at radius 3 is 2.52 bits per heavy atom. The molecule has 6 rings (SSSR count). The van der Waals surface area contributed by atoms with E-state index in [0.717, 1.165) is 38.9 Å². The molecule has 9 nitrogen and oxygen atoms in total. The van der Waals surface area contributed by atoms with E-state index < -0.39 is 16.1 Å². The van der Waals surface area contributed by atoms with E-state index in [9.17, 15) is 13.2 Å². The molecule has 0 saturated carbocycles. The maximum Gasteiger partial charge on any atom is 0.304 e. The summed E-state index contributed by atoms with van der Waals surface area (Å²) >= 11 is 1.60. The predicted molar refractivity (Wildman–Crippen MR) is 164 cm³/mol. The number of hydrogen-bond donors (Lipinski definition) is 1. The normalized spacial score (nSPS) is 17.9. The first-order chi connectivity index (χ1) is 20.2. The molecule has 0 bridgehead atoms. The van der Waals surface area contributed by atoms with Crippen molar-refractivity contribution in [2.24, 2.45) is 5.92 Å². The zero-order chi connectivity index (χ0) is 29.4. The van der Waals surface area contributed by atoms with E-state index in [1.54, 1.807) is 17.4 Å². The molecule has 222 valence electrons. The van der Waals surface area contributed by atoms with Crippen molar-refractivity contribution in [3.8, 4) is 16.3 Å². The molecule has 2 aromatic carbocycles. The number of thiophene rings is 1. The highest BCUT2D eigenvalue weighted by atomic mass is 32.2. The van der Waals surface area contributed by atoms with Crippen molar-refractivity contribution in [2.45, 2.75) is 39.7 Å². The van der Waals surface area contributed by atoms with Crippen molar-refractivity contribution < 1.29 is 27.4 Å². The van der Waals surface area contributed by atoms with Gasteiger partial charge in [0.2, 0.25) is 0 Å². The highest BCUT2D eigenvalue weighted by Crippen LogP contribution is 2.41. The fraction of sp³-hybridized carbons (Fsp3) is 0.419. The minimum Gasteiger partial charge on any atom is -0.490 e. The van der Waals surface area contributed by atoms with Crippen LogP contribution >= 0.6 is 11.3 Å². The molecule has 2 aliphatic rings. The largest absolute Gasteiger partial charge is 0.490 e. The van der Waals surface area contributed by atoms with Crippen LogP contribution in [0.15, 0.2) is 42.5 Å². The summed E-state index contributed by atoms with van der Waals surface area (Å²) in [6, 6.07) is 13.6. The van der Waals surface area contributed by atoms with Crippen LogP contribution in [0.1, 0.15) is 41.3 Å². The average Bonchev–Trinajstić information content (AvgIpc) is 3.35. The van der Waals surface area contributed by atoms with Crippen LogP contribution < -0.4 is 9.46 Å². The molecular weight excluding hydrogens is 574 g/mol. The lowest BCUT2D eigenvalue weighted by molar-refractivity contribution is 0.0243. The fourth-order valence-electron chi connectivity index (χ4n) is 5.76. The van der Waals surface area contributed by atoms with Gasteiger partial charge in [0.05, 0.1) is 46.4 Å². The van der Waals surface area contributed by atoms with Crippen molar-refractivity contribution in [3.63, 3.8) is 0 Å². The van der Waals surface area contributed by atoms with E-state index in [1.165, 1.54) is 4.31 Å². The maximum absolute atomic E-state index is 14.0. The van der Waals surface area contributed by atoms with E-state index >= 15 is 0 Å². The Balaban J connectivity index is 1.48. The monoisotopic (exact) mass is 609 g/mol. The first kappa shape index (κ1) is 29.0. The number of aryl methyl sites for hydroxylation is 2. The second-order valence-corrected chi connectivity index (χ2v) is 13.7. The Kier molecular flexibility index (Phi) is 8.21. The van der Waals surface area contributed by atoms with Crippen LogP contribution in [0.4, 0.5) is 0 Å². The number of morpholine rings is 1. The second kappa shape index (κ2) is 11.9. The standard InChI is InChI=1S/C31H35N3O6S2/c1-19-8-9-26(40-21(3)22-10-14-38-15-11-22)28-24(31(35)33-42(36,37)34-12-16-39-17-13-34)18-25(32-29(19)28)30-20(2)23-6-4-5-7-27(23)41-30/h4-9,18,21-22H,10-17H2,1-3H3,(H,33,35). The number of carbonyl (C=O) groups is 1. The highest BCUT2D eigenvalue weighted by Gasteiger charge is 2.30. The van der Waals surface area contributed by atoms with Crippen LogP contribution in [0.5, 0.6) is 5.75 Å². The first-order valence-electron chi connectivity index (χ1n) is 14.3. The minimum atomic E-state index is -4.09. The topological polar surface area (TPSA) is 107 Å². The predicted octanol–water partition coefficient (Wildman–Crippen LogP) is 5.23. The summed E-state index contributed by atoms with van der Waals surface area (Å²) in [5, 5.41) is 1.63. The van der Waals surface area contributed by atoms with Crippen LogP contribution in [-0.4, -0.2) is 69.2 Å². The molecule has 2 aromatic heterocycles. The average molecular weight is 610 g/mol. The summed E-state index contributed by atoms with van der Waals surface area (Å²) in [4.78, 5) is 20.0. The smallest absolute Gasteiger partial charge is 0.304 e. The van der Waals surface area contributed by atoms with Crippen LogP contribution in [-0.2, 0) is 19.7 Å². The Labute approximate surface area is 250 Å². The van der Waals surface area contributed by atoms with Crippen LogP contribution in [0.3, 0.4) is 0 Å². The van der Waals surface area contributed by atoms with Crippen molar-refractivity contribution in [3.05, 3.63) is 59.2 Å². The van der Waals surface area contributed by atoms with Gasteiger partial charge in [0.15, 0.2) is 0 Å².